The molecule has 4 heteroatoms. The molecule has 0 saturated carbocycles. The van der Waals surface area contributed by atoms with Crippen molar-refractivity contribution < 1.29 is 10.2 Å². The van der Waals surface area contributed by atoms with Crippen molar-refractivity contribution in [1.82, 2.24) is 0 Å². The first-order valence-electron chi connectivity index (χ1n) is 3.99. The van der Waals surface area contributed by atoms with Crippen LogP contribution in [0.5, 0.6) is 0 Å². The van der Waals surface area contributed by atoms with Gasteiger partial charge < -0.3 is 10.2 Å². The van der Waals surface area contributed by atoms with Crippen LogP contribution in [-0.2, 0) is 11.8 Å². The zero-order chi connectivity index (χ0) is 8.54. The normalized spacial score (nSPS) is 28.3. The minimum Gasteiger partial charge on any atom is -0.366 e. The summed E-state index contributed by atoms with van der Waals surface area (Å²) in [5, 5.41) is 18.5. The first-order valence-corrected chi connectivity index (χ1v) is 7.35. The fraction of sp³-hybridized carbons (Fsp3) is 1.00. The molecule has 1 fully saturated rings. The Labute approximate surface area is 72.6 Å². The minimum atomic E-state index is -1.41. The van der Waals surface area contributed by atoms with E-state index in [1.54, 1.807) is 0 Å². The van der Waals surface area contributed by atoms with Crippen LogP contribution < -0.4 is 0 Å². The Morgan fingerprint density at radius 3 is 2.18 bits per heavy atom. The van der Waals surface area contributed by atoms with Gasteiger partial charge in [0.1, 0.15) is 0 Å². The zero-order valence-corrected chi connectivity index (χ0v) is 8.50. The van der Waals surface area contributed by atoms with Crippen LogP contribution in [0.4, 0.5) is 0 Å². The van der Waals surface area contributed by atoms with Crippen LogP contribution in [0.1, 0.15) is 19.8 Å². The smallest absolute Gasteiger partial charge is 0.163 e. The Hall–Kier alpha value is 0.570. The molecule has 11 heavy (non-hydrogen) atoms. The van der Waals surface area contributed by atoms with Gasteiger partial charge in [-0.15, -0.1) is 0 Å². The van der Waals surface area contributed by atoms with Gasteiger partial charge >= 0.3 is 0 Å². The number of hydrogen-bond acceptors (Lipinski definition) is 3. The van der Waals surface area contributed by atoms with E-state index < -0.39 is 11.8 Å². The summed E-state index contributed by atoms with van der Waals surface area (Å²) in [4.78, 5) is 0. The van der Waals surface area contributed by atoms with Crippen molar-refractivity contribution in [2.75, 3.05) is 18.5 Å². The van der Waals surface area contributed by atoms with E-state index in [0.717, 1.165) is 18.5 Å². The molecular weight excluding hydrogens is 179 g/mol. The van der Waals surface area contributed by atoms with Crippen molar-refractivity contribution in [1.29, 1.82) is 0 Å². The van der Waals surface area contributed by atoms with Gasteiger partial charge in [-0.1, -0.05) is 18.7 Å². The Balaban J connectivity index is 2.55. The van der Waals surface area contributed by atoms with E-state index in [2.05, 4.69) is 6.92 Å². The lowest BCUT2D eigenvalue weighted by atomic mass is 10.1. The van der Waals surface area contributed by atoms with Crippen LogP contribution in [0, 0.1) is 0 Å². The molecular formula is C7H15O2PS. The van der Waals surface area contributed by atoms with Crippen molar-refractivity contribution in [3.8, 4) is 0 Å². The van der Waals surface area contributed by atoms with E-state index in [-0.39, 0.29) is 0 Å². The molecule has 0 unspecified atom stereocenters. The predicted octanol–water partition coefficient (Wildman–Crippen LogP) is 0.960. The summed E-state index contributed by atoms with van der Waals surface area (Å²) in [6, 6.07) is -1.16. The topological polar surface area (TPSA) is 40.5 Å². The van der Waals surface area contributed by atoms with E-state index in [4.69, 9.17) is 11.8 Å². The fourth-order valence-electron chi connectivity index (χ4n) is 1.32. The van der Waals surface area contributed by atoms with E-state index >= 15 is 0 Å². The van der Waals surface area contributed by atoms with Crippen LogP contribution in [0.2, 0.25) is 0 Å². The summed E-state index contributed by atoms with van der Waals surface area (Å²) in [6.45, 7) is 2.11. The standard InChI is InChI=1S/C7H15O2PS/c1-2-10(11)5-3-7(8,9)4-6-10/h8-9H,2-6H2,1H3. The highest BCUT2D eigenvalue weighted by atomic mass is 32.4. The zero-order valence-electron chi connectivity index (χ0n) is 6.79. The van der Waals surface area contributed by atoms with Crippen molar-refractivity contribution in [2.24, 2.45) is 0 Å². The van der Waals surface area contributed by atoms with E-state index in [0.29, 0.717) is 12.8 Å². The second kappa shape index (κ2) is 3.14. The highest BCUT2D eigenvalue weighted by Gasteiger charge is 2.33. The van der Waals surface area contributed by atoms with Gasteiger partial charge in [0.05, 0.1) is 0 Å². The van der Waals surface area contributed by atoms with Crippen LogP contribution in [-0.4, -0.2) is 34.5 Å². The van der Waals surface area contributed by atoms with Gasteiger partial charge in [-0.3, -0.25) is 0 Å². The second-order valence-corrected chi connectivity index (χ2v) is 9.27. The molecule has 2 nitrogen and oxygen atoms in total. The minimum absolute atomic E-state index is 0.484. The molecule has 0 amide bonds. The average molecular weight is 194 g/mol. The molecule has 0 aliphatic carbocycles. The van der Waals surface area contributed by atoms with E-state index in [9.17, 15) is 10.2 Å². The molecule has 0 atom stereocenters. The quantitative estimate of drug-likeness (QED) is 0.482. The summed E-state index contributed by atoms with van der Waals surface area (Å²) in [5.41, 5.74) is 0. The molecule has 1 heterocycles. The lowest BCUT2D eigenvalue weighted by Gasteiger charge is -2.33. The van der Waals surface area contributed by atoms with Gasteiger partial charge in [0.2, 0.25) is 0 Å². The molecule has 1 rings (SSSR count). The lowest BCUT2D eigenvalue weighted by molar-refractivity contribution is -0.164. The third kappa shape index (κ3) is 2.51. The second-order valence-electron chi connectivity index (χ2n) is 3.30. The van der Waals surface area contributed by atoms with Crippen molar-refractivity contribution in [2.45, 2.75) is 25.6 Å². The number of aliphatic hydroxyl groups is 2. The third-order valence-electron chi connectivity index (χ3n) is 2.42. The fourth-order valence-corrected chi connectivity index (χ4v) is 4.25. The number of rotatable bonds is 1. The first kappa shape index (κ1) is 9.66. The van der Waals surface area contributed by atoms with Gasteiger partial charge in [-0.2, -0.15) is 0 Å². The molecule has 2 N–H and O–H groups in total. The summed E-state index contributed by atoms with van der Waals surface area (Å²) in [5.74, 6) is -1.41. The summed E-state index contributed by atoms with van der Waals surface area (Å²) in [6.07, 6.45) is 3.77. The molecule has 0 bridgehead atoms. The highest BCUT2D eigenvalue weighted by molar-refractivity contribution is 8.14. The first-order chi connectivity index (χ1) is 4.97. The van der Waals surface area contributed by atoms with Gasteiger partial charge in [0.25, 0.3) is 0 Å². The summed E-state index contributed by atoms with van der Waals surface area (Å²) < 4.78 is 0. The maximum atomic E-state index is 9.23. The summed E-state index contributed by atoms with van der Waals surface area (Å²) in [7, 11) is 0. The monoisotopic (exact) mass is 194 g/mol. The molecule has 0 spiro atoms. The third-order valence-corrected chi connectivity index (χ3v) is 7.52. The van der Waals surface area contributed by atoms with Gasteiger partial charge in [-0.25, -0.2) is 0 Å². The SMILES string of the molecule is CCP1(=S)CCC(O)(O)CC1. The molecule has 66 valence electrons. The average Bonchev–Trinajstić information content (AvgIpc) is 1.97. The number of hydrogen-bond donors (Lipinski definition) is 2. The Morgan fingerprint density at radius 1 is 1.36 bits per heavy atom. The van der Waals surface area contributed by atoms with Crippen LogP contribution in [0.3, 0.4) is 0 Å². The molecule has 0 aromatic carbocycles. The van der Waals surface area contributed by atoms with E-state index in [1.165, 1.54) is 0 Å². The largest absolute Gasteiger partial charge is 0.366 e. The van der Waals surface area contributed by atoms with Crippen molar-refractivity contribution >= 4 is 17.8 Å². The maximum Gasteiger partial charge on any atom is 0.163 e. The van der Waals surface area contributed by atoms with Crippen LogP contribution in [0.25, 0.3) is 0 Å². The van der Waals surface area contributed by atoms with Gasteiger partial charge in [-0.05, 0) is 24.5 Å². The van der Waals surface area contributed by atoms with Gasteiger partial charge in [0.15, 0.2) is 5.79 Å². The molecule has 1 aliphatic rings. The van der Waals surface area contributed by atoms with Crippen molar-refractivity contribution in [3.05, 3.63) is 0 Å². The molecule has 1 saturated heterocycles. The van der Waals surface area contributed by atoms with Crippen molar-refractivity contribution in [3.63, 3.8) is 0 Å². The lowest BCUT2D eigenvalue weighted by Crippen LogP contribution is -2.34. The van der Waals surface area contributed by atoms with Crippen LogP contribution >= 0.6 is 6.04 Å². The van der Waals surface area contributed by atoms with Gasteiger partial charge in [0, 0.05) is 12.8 Å². The van der Waals surface area contributed by atoms with E-state index in [1.807, 2.05) is 0 Å². The highest BCUT2D eigenvalue weighted by Crippen LogP contribution is 2.51. The Bertz CT molecular complexity index is 177. The molecule has 0 aromatic heterocycles. The Morgan fingerprint density at radius 2 is 1.82 bits per heavy atom. The predicted molar refractivity (Wildman–Crippen MR) is 51.0 cm³/mol. The molecule has 1 aliphatic heterocycles. The maximum absolute atomic E-state index is 9.23. The Kier molecular flexibility index (Phi) is 2.75. The van der Waals surface area contributed by atoms with Crippen LogP contribution in [0.15, 0.2) is 0 Å². The molecule has 0 aromatic rings. The molecule has 0 radical (unpaired) electrons. The summed E-state index contributed by atoms with van der Waals surface area (Å²) >= 11 is 5.45.